The van der Waals surface area contributed by atoms with E-state index >= 15 is 0 Å². The highest BCUT2D eigenvalue weighted by molar-refractivity contribution is 7.47. The molecule has 0 aliphatic rings. The van der Waals surface area contributed by atoms with Gasteiger partial charge in [0.25, 0.3) is 0 Å². The summed E-state index contributed by atoms with van der Waals surface area (Å²) < 4.78 is 68.6. The van der Waals surface area contributed by atoms with Crippen molar-refractivity contribution in [3.63, 3.8) is 0 Å². The molecule has 0 aliphatic carbocycles. The van der Waals surface area contributed by atoms with Crippen LogP contribution in [0.2, 0.25) is 0 Å². The van der Waals surface area contributed by atoms with Gasteiger partial charge in [-0.2, -0.15) is 0 Å². The fraction of sp³-hybridized carbons (Fsp3) is 0.694. The SMILES string of the molecule is CC/C=C\C/C=C\C/C=C\C/C=C\C/C=C\CCCCCC(=O)OCC(COP(=O)(O)OCC(O)COP(=O)(O)OCC(COC(=O)CCCCCCCCC/C=C\C/C=C\C/C=C\CC)OC(=O)CCCCCCC/C=C\C/C=C\C/C=C\CC)OC(=O)CCCCCCCCCCCCCCC. The average Bonchev–Trinajstić information content (AvgIpc) is 0.939. The number of carbonyl (C=O) groups is 4. The lowest BCUT2D eigenvalue weighted by molar-refractivity contribution is -0.161. The highest BCUT2D eigenvalue weighted by atomic mass is 31.2. The van der Waals surface area contributed by atoms with Crippen LogP contribution in [-0.2, 0) is 65.4 Å². The first-order valence-corrected chi connectivity index (χ1v) is 43.4. The van der Waals surface area contributed by atoms with Gasteiger partial charge in [-0.25, -0.2) is 9.13 Å². The first-order chi connectivity index (χ1) is 50.7. The van der Waals surface area contributed by atoms with Gasteiger partial charge < -0.3 is 33.8 Å². The van der Waals surface area contributed by atoms with Crippen LogP contribution in [0.15, 0.2) is 134 Å². The number of aliphatic hydroxyl groups is 1. The van der Waals surface area contributed by atoms with E-state index in [4.69, 9.17) is 37.0 Å². The highest BCUT2D eigenvalue weighted by Crippen LogP contribution is 2.45. The normalized spacial score (nSPS) is 14.6. The maximum atomic E-state index is 13.1. The molecule has 5 atom stereocenters. The van der Waals surface area contributed by atoms with E-state index in [1.807, 2.05) is 0 Å². The summed E-state index contributed by atoms with van der Waals surface area (Å²) in [6.07, 6.45) is 85.7. The number of ether oxygens (including phenoxy) is 4. The molecular weight excluding hydrogens is 1350 g/mol. The van der Waals surface area contributed by atoms with Gasteiger partial charge >= 0.3 is 39.5 Å². The van der Waals surface area contributed by atoms with E-state index in [0.29, 0.717) is 25.7 Å². The Morgan fingerprint density at radius 1 is 0.279 bits per heavy atom. The predicted octanol–water partition coefficient (Wildman–Crippen LogP) is 23.7. The van der Waals surface area contributed by atoms with Crippen molar-refractivity contribution in [1.29, 1.82) is 0 Å². The molecule has 0 bridgehead atoms. The fourth-order valence-electron chi connectivity index (χ4n) is 10.6. The number of esters is 4. The Labute approximate surface area is 631 Å². The minimum atomic E-state index is -4.99. The lowest BCUT2D eigenvalue weighted by atomic mass is 10.0. The number of hydrogen-bond acceptors (Lipinski definition) is 15. The molecule has 0 amide bonds. The van der Waals surface area contributed by atoms with Crippen molar-refractivity contribution in [3.05, 3.63) is 134 Å². The Morgan fingerprint density at radius 3 is 0.779 bits per heavy atom. The van der Waals surface area contributed by atoms with Gasteiger partial charge in [-0.15, -0.1) is 0 Å². The van der Waals surface area contributed by atoms with Crippen molar-refractivity contribution < 1.29 is 80.2 Å². The summed E-state index contributed by atoms with van der Waals surface area (Å²) in [5.41, 5.74) is 0. The minimum absolute atomic E-state index is 0.0703. The second-order valence-corrected chi connectivity index (χ2v) is 29.5. The highest BCUT2D eigenvalue weighted by Gasteiger charge is 2.30. The number of rotatable bonds is 75. The van der Waals surface area contributed by atoms with Crippen molar-refractivity contribution in [3.8, 4) is 0 Å². The van der Waals surface area contributed by atoms with Crippen LogP contribution < -0.4 is 0 Å². The average molecular weight is 1500 g/mol. The summed E-state index contributed by atoms with van der Waals surface area (Å²) in [7, 11) is -9.98. The third-order valence-electron chi connectivity index (χ3n) is 16.6. The van der Waals surface area contributed by atoms with Gasteiger partial charge in [-0.05, 0) is 135 Å². The molecule has 5 unspecified atom stereocenters. The van der Waals surface area contributed by atoms with Crippen LogP contribution in [0.25, 0.3) is 0 Å². The lowest BCUT2D eigenvalue weighted by Gasteiger charge is -2.21. The van der Waals surface area contributed by atoms with E-state index < -0.39 is 97.5 Å². The molecule has 3 N–H and O–H groups in total. The van der Waals surface area contributed by atoms with Crippen molar-refractivity contribution >= 4 is 39.5 Å². The molecule has 104 heavy (non-hydrogen) atoms. The number of unbranched alkanes of at least 4 members (excludes halogenated alkanes) is 27. The Hall–Kier alpha value is -4.80. The predicted molar refractivity (Wildman–Crippen MR) is 427 cm³/mol. The first-order valence-electron chi connectivity index (χ1n) is 40.4. The Balaban J connectivity index is 5.39. The van der Waals surface area contributed by atoms with E-state index in [-0.39, 0.29) is 25.7 Å². The second-order valence-electron chi connectivity index (χ2n) is 26.6. The van der Waals surface area contributed by atoms with Crippen molar-refractivity contribution in [2.75, 3.05) is 39.6 Å². The van der Waals surface area contributed by atoms with E-state index in [2.05, 4.69) is 161 Å². The number of hydrogen-bond donors (Lipinski definition) is 3. The molecule has 0 heterocycles. The molecule has 0 saturated carbocycles. The Bertz CT molecular complexity index is 2490. The Kier molecular flexibility index (Phi) is 72.9. The molecule has 0 saturated heterocycles. The van der Waals surface area contributed by atoms with Crippen LogP contribution in [0.3, 0.4) is 0 Å². The number of allylic oxidation sites excluding steroid dienone is 22. The van der Waals surface area contributed by atoms with E-state index in [0.717, 1.165) is 193 Å². The molecule has 0 radical (unpaired) electrons. The molecular formula is C85H144O17P2. The van der Waals surface area contributed by atoms with Gasteiger partial charge in [0.05, 0.1) is 26.4 Å². The molecule has 0 aliphatic heterocycles. The van der Waals surface area contributed by atoms with Crippen molar-refractivity contribution in [1.82, 2.24) is 0 Å². The molecule has 19 heteroatoms. The smallest absolute Gasteiger partial charge is 0.462 e. The number of aliphatic hydroxyl groups excluding tert-OH is 1. The summed E-state index contributed by atoms with van der Waals surface area (Å²) in [4.78, 5) is 73.1. The van der Waals surface area contributed by atoms with Crippen LogP contribution in [-0.4, -0.2) is 96.7 Å². The van der Waals surface area contributed by atoms with E-state index in [1.54, 1.807) is 0 Å². The summed E-state index contributed by atoms with van der Waals surface area (Å²) in [6.45, 7) is 4.50. The number of carbonyl (C=O) groups excluding carboxylic acids is 4. The van der Waals surface area contributed by atoms with Gasteiger partial charge in [-0.1, -0.05) is 296 Å². The van der Waals surface area contributed by atoms with Gasteiger partial charge in [0.1, 0.15) is 19.3 Å². The van der Waals surface area contributed by atoms with Crippen molar-refractivity contribution in [2.24, 2.45) is 0 Å². The largest absolute Gasteiger partial charge is 0.472 e. The summed E-state index contributed by atoms with van der Waals surface area (Å²) in [5, 5.41) is 10.6. The zero-order chi connectivity index (χ0) is 76.0. The van der Waals surface area contributed by atoms with Gasteiger partial charge in [-0.3, -0.25) is 37.3 Å². The molecule has 17 nitrogen and oxygen atoms in total. The monoisotopic (exact) mass is 1500 g/mol. The van der Waals surface area contributed by atoms with Crippen LogP contribution in [0.4, 0.5) is 0 Å². The third kappa shape index (κ3) is 75.4. The maximum absolute atomic E-state index is 13.1. The lowest BCUT2D eigenvalue weighted by Crippen LogP contribution is -2.30. The van der Waals surface area contributed by atoms with Gasteiger partial charge in [0.2, 0.25) is 0 Å². The third-order valence-corrected chi connectivity index (χ3v) is 18.5. The van der Waals surface area contributed by atoms with Gasteiger partial charge in [0, 0.05) is 25.7 Å². The fourth-order valence-corrected chi connectivity index (χ4v) is 12.1. The summed E-state index contributed by atoms with van der Waals surface area (Å²) in [5.74, 6) is -2.23. The molecule has 0 fully saturated rings. The van der Waals surface area contributed by atoms with Gasteiger partial charge in [0.15, 0.2) is 12.2 Å². The zero-order valence-corrected chi connectivity index (χ0v) is 66.9. The minimum Gasteiger partial charge on any atom is -0.462 e. The molecule has 0 aromatic rings. The summed E-state index contributed by atoms with van der Waals surface area (Å²) in [6, 6.07) is 0. The molecule has 0 spiro atoms. The molecule has 0 aromatic heterocycles. The first kappa shape index (κ1) is 99.2. The van der Waals surface area contributed by atoms with Crippen LogP contribution in [0, 0.1) is 0 Å². The van der Waals surface area contributed by atoms with Crippen LogP contribution in [0.1, 0.15) is 323 Å². The van der Waals surface area contributed by atoms with Crippen LogP contribution >= 0.6 is 15.6 Å². The number of phosphoric ester groups is 2. The molecule has 0 aromatic carbocycles. The zero-order valence-electron chi connectivity index (χ0n) is 65.2. The van der Waals surface area contributed by atoms with Crippen molar-refractivity contribution in [2.45, 2.75) is 341 Å². The van der Waals surface area contributed by atoms with Crippen LogP contribution in [0.5, 0.6) is 0 Å². The number of phosphoric acid groups is 2. The second kappa shape index (κ2) is 76.4. The quantitative estimate of drug-likeness (QED) is 0.0169. The Morgan fingerprint density at radius 2 is 0.500 bits per heavy atom. The van der Waals surface area contributed by atoms with E-state index in [1.165, 1.54) is 51.4 Å². The maximum Gasteiger partial charge on any atom is 0.472 e. The standard InChI is InChI=1S/C85H144O17P2/c1-5-9-13-17-21-25-29-33-36-38-39-41-44-47-50-54-58-62-66-70-83(88)95-75-80(101-84(89)71-67-63-59-55-51-45-32-28-24-20-16-12-8-4)77-99-103(91,92)97-73-79(86)74-98-104(93,94)100-78-81(102-85(90)72-68-64-60-56-52-48-42-35-31-27-23-19-15-11-7-3)76-96-82(87)69-65-61-57-53-49-46-43-40-37-34-30-26-22-18-14-10-6-2/h9-11,13-15,21-23,25-27,33-37,39,41-42,47,50,79-81,86H,5-8,12,16-20,24,28-32,38,40,43-46,48-49,51-78H2,1-4H3,(H,91,92)(H,93,94)/b13-9-,14-10-,15-11-,25-21-,26-22-,27-23-,36-33-,37-34-,41-39-,42-35-,50-47-. The topological polar surface area (TPSA) is 237 Å². The molecule has 0 rings (SSSR count). The van der Waals surface area contributed by atoms with E-state index in [9.17, 15) is 43.2 Å². The summed E-state index contributed by atoms with van der Waals surface area (Å²) >= 11 is 0. The molecule has 596 valence electrons.